The van der Waals surface area contributed by atoms with Crippen LogP contribution in [0.2, 0.25) is 0 Å². The zero-order valence-corrected chi connectivity index (χ0v) is 14.0. The minimum absolute atomic E-state index is 0.176. The quantitative estimate of drug-likeness (QED) is 0.457. The normalized spacial score (nSPS) is 21.1. The monoisotopic (exact) mass is 309 g/mol. The Morgan fingerprint density at radius 2 is 1.68 bits per heavy atom. The fraction of sp³-hybridized carbons (Fsp3) is 0.889. The number of unbranched alkanes of at least 4 members (excludes halogenated alkanes) is 6. The molecule has 1 aliphatic carbocycles. The highest BCUT2D eigenvalue weighted by molar-refractivity contribution is 5.87. The van der Waals surface area contributed by atoms with E-state index < -0.39 is 0 Å². The van der Waals surface area contributed by atoms with Crippen LogP contribution in [0.15, 0.2) is 0 Å². The lowest BCUT2D eigenvalue weighted by atomic mass is 10.1. The zero-order valence-electron chi connectivity index (χ0n) is 14.0. The lowest BCUT2D eigenvalue weighted by Gasteiger charge is -2.23. The highest BCUT2D eigenvalue weighted by Crippen LogP contribution is 2.33. The Morgan fingerprint density at radius 3 is 2.36 bits per heavy atom. The summed E-state index contributed by atoms with van der Waals surface area (Å²) in [5, 5.41) is 0. The number of rotatable bonds is 10. The van der Waals surface area contributed by atoms with Crippen LogP contribution in [0.5, 0.6) is 0 Å². The molecule has 1 saturated carbocycles. The zero-order chi connectivity index (χ0) is 15.8. The van der Waals surface area contributed by atoms with Gasteiger partial charge in [-0.2, -0.15) is 0 Å². The van der Waals surface area contributed by atoms with Gasteiger partial charge in [-0.25, -0.2) is 4.79 Å². The minimum atomic E-state index is -0.308. The van der Waals surface area contributed by atoms with Gasteiger partial charge in [0, 0.05) is 12.5 Å². The van der Waals surface area contributed by atoms with E-state index in [2.05, 4.69) is 6.92 Å². The third-order valence-corrected chi connectivity index (χ3v) is 4.73. The predicted octanol–water partition coefficient (Wildman–Crippen LogP) is 3.68. The molecular weight excluding hydrogens is 278 g/mol. The molecule has 0 N–H and O–H groups in total. The fourth-order valence-electron chi connectivity index (χ4n) is 3.17. The summed E-state index contributed by atoms with van der Waals surface area (Å²) in [4.78, 5) is 26.1. The third-order valence-electron chi connectivity index (χ3n) is 4.73. The fourth-order valence-corrected chi connectivity index (χ4v) is 3.17. The van der Waals surface area contributed by atoms with Crippen molar-refractivity contribution in [3.05, 3.63) is 0 Å². The summed E-state index contributed by atoms with van der Waals surface area (Å²) in [7, 11) is 0. The molecule has 126 valence electrons. The van der Waals surface area contributed by atoms with Crippen LogP contribution in [0, 0.1) is 5.92 Å². The second kappa shape index (κ2) is 9.16. The first-order chi connectivity index (χ1) is 10.7. The van der Waals surface area contributed by atoms with Crippen molar-refractivity contribution in [3.63, 3.8) is 0 Å². The Bertz CT molecular complexity index is 365. The maximum absolute atomic E-state index is 12.2. The van der Waals surface area contributed by atoms with Gasteiger partial charge in [0.2, 0.25) is 5.91 Å². The van der Waals surface area contributed by atoms with E-state index in [1.54, 1.807) is 4.90 Å². The molecule has 22 heavy (non-hydrogen) atoms. The number of carbonyl (C=O) groups is 2. The summed E-state index contributed by atoms with van der Waals surface area (Å²) in [5.74, 6) is 0.185. The topological polar surface area (TPSA) is 46.6 Å². The van der Waals surface area contributed by atoms with Crippen LogP contribution in [-0.4, -0.2) is 36.0 Å². The number of hydrogen-bond acceptors (Lipinski definition) is 3. The number of amides is 1. The molecule has 0 aromatic carbocycles. The van der Waals surface area contributed by atoms with Crippen LogP contribution in [-0.2, 0) is 14.3 Å². The summed E-state index contributed by atoms with van der Waals surface area (Å²) in [6.45, 7) is 3.46. The Hall–Kier alpha value is -1.06. The van der Waals surface area contributed by atoms with Gasteiger partial charge in [-0.05, 0) is 32.1 Å². The molecule has 0 radical (unpaired) electrons. The summed E-state index contributed by atoms with van der Waals surface area (Å²) >= 11 is 0. The van der Waals surface area contributed by atoms with Crippen molar-refractivity contribution in [1.29, 1.82) is 0 Å². The molecule has 1 aliphatic heterocycles. The van der Waals surface area contributed by atoms with E-state index in [-0.39, 0.29) is 23.8 Å². The molecule has 1 amide bonds. The second-order valence-corrected chi connectivity index (χ2v) is 6.75. The van der Waals surface area contributed by atoms with Crippen LogP contribution < -0.4 is 0 Å². The van der Waals surface area contributed by atoms with Gasteiger partial charge in [0.15, 0.2) is 0 Å². The van der Waals surface area contributed by atoms with Crippen LogP contribution in [0.3, 0.4) is 0 Å². The number of nitrogens with zero attached hydrogens (tertiary/aromatic N) is 1. The van der Waals surface area contributed by atoms with Crippen LogP contribution >= 0.6 is 0 Å². The second-order valence-electron chi connectivity index (χ2n) is 6.75. The van der Waals surface area contributed by atoms with Gasteiger partial charge < -0.3 is 9.64 Å². The molecule has 1 atom stereocenters. The summed E-state index contributed by atoms with van der Waals surface area (Å²) in [5.41, 5.74) is 0. The van der Waals surface area contributed by atoms with Crippen molar-refractivity contribution in [2.75, 3.05) is 13.2 Å². The first kappa shape index (κ1) is 17.3. The molecule has 4 nitrogen and oxygen atoms in total. The Balaban J connectivity index is 1.57. The maximum Gasteiger partial charge on any atom is 0.328 e. The number of esters is 1. The molecular formula is C18H31NO3. The van der Waals surface area contributed by atoms with Crippen molar-refractivity contribution in [2.45, 2.75) is 83.6 Å². The van der Waals surface area contributed by atoms with Crippen molar-refractivity contribution in [2.24, 2.45) is 5.92 Å². The van der Waals surface area contributed by atoms with Crippen LogP contribution in [0.4, 0.5) is 0 Å². The van der Waals surface area contributed by atoms with Crippen LogP contribution in [0.25, 0.3) is 0 Å². The number of carbonyl (C=O) groups excluding carboxylic acids is 2. The van der Waals surface area contributed by atoms with Gasteiger partial charge >= 0.3 is 5.97 Å². The summed E-state index contributed by atoms with van der Waals surface area (Å²) in [6, 6.07) is -0.308. The molecule has 1 saturated heterocycles. The SMILES string of the molecule is CCCCCCCCCOC(=O)C1CCCN1C(=O)C1CC1. The Labute approximate surface area is 134 Å². The van der Waals surface area contributed by atoms with Gasteiger partial charge in [-0.3, -0.25) is 4.79 Å². The average molecular weight is 309 g/mol. The predicted molar refractivity (Wildman–Crippen MR) is 86.4 cm³/mol. The van der Waals surface area contributed by atoms with E-state index in [1.165, 1.54) is 32.1 Å². The minimum Gasteiger partial charge on any atom is -0.464 e. The molecule has 4 heteroatoms. The van der Waals surface area contributed by atoms with E-state index in [4.69, 9.17) is 4.74 Å². The van der Waals surface area contributed by atoms with E-state index in [0.29, 0.717) is 6.61 Å². The first-order valence-electron chi connectivity index (χ1n) is 9.21. The van der Waals surface area contributed by atoms with E-state index in [0.717, 1.165) is 45.1 Å². The van der Waals surface area contributed by atoms with Gasteiger partial charge in [-0.1, -0.05) is 45.4 Å². The van der Waals surface area contributed by atoms with E-state index in [1.807, 2.05) is 0 Å². The maximum atomic E-state index is 12.2. The van der Waals surface area contributed by atoms with Gasteiger partial charge in [0.05, 0.1) is 6.61 Å². The molecule has 2 fully saturated rings. The molecule has 0 aromatic heterocycles. The molecule has 2 aliphatic rings. The van der Waals surface area contributed by atoms with Crippen molar-refractivity contribution in [3.8, 4) is 0 Å². The molecule has 1 heterocycles. The molecule has 0 bridgehead atoms. The highest BCUT2D eigenvalue weighted by Gasteiger charge is 2.41. The van der Waals surface area contributed by atoms with Crippen LogP contribution in [0.1, 0.15) is 77.6 Å². The smallest absolute Gasteiger partial charge is 0.328 e. The average Bonchev–Trinajstić information content (AvgIpc) is 3.25. The molecule has 2 rings (SSSR count). The summed E-state index contributed by atoms with van der Waals surface area (Å²) < 4.78 is 5.40. The Kier molecular flexibility index (Phi) is 7.20. The molecule has 1 unspecified atom stereocenters. The lowest BCUT2D eigenvalue weighted by Crippen LogP contribution is -2.42. The standard InChI is InChI=1S/C18H31NO3/c1-2-3-4-5-6-7-8-14-22-18(21)16-10-9-13-19(16)17(20)15-11-12-15/h15-16H,2-14H2,1H3. The van der Waals surface area contributed by atoms with E-state index >= 15 is 0 Å². The Morgan fingerprint density at radius 1 is 1.00 bits per heavy atom. The van der Waals surface area contributed by atoms with Crippen molar-refractivity contribution in [1.82, 2.24) is 4.90 Å². The van der Waals surface area contributed by atoms with Crippen molar-refractivity contribution >= 4 is 11.9 Å². The number of ether oxygens (including phenoxy) is 1. The highest BCUT2D eigenvalue weighted by atomic mass is 16.5. The van der Waals surface area contributed by atoms with Crippen molar-refractivity contribution < 1.29 is 14.3 Å². The van der Waals surface area contributed by atoms with E-state index in [9.17, 15) is 9.59 Å². The third kappa shape index (κ3) is 5.29. The number of likely N-dealkylation sites (tertiary alicyclic amines) is 1. The molecule has 0 aromatic rings. The van der Waals surface area contributed by atoms with Gasteiger partial charge in [0.25, 0.3) is 0 Å². The first-order valence-corrected chi connectivity index (χ1v) is 9.21. The number of hydrogen-bond donors (Lipinski definition) is 0. The lowest BCUT2D eigenvalue weighted by molar-refractivity contribution is -0.153. The van der Waals surface area contributed by atoms with Gasteiger partial charge in [0.1, 0.15) is 6.04 Å². The van der Waals surface area contributed by atoms with Gasteiger partial charge in [-0.15, -0.1) is 0 Å². The molecule has 0 spiro atoms. The summed E-state index contributed by atoms with van der Waals surface area (Å²) in [6.07, 6.45) is 12.2. The largest absolute Gasteiger partial charge is 0.464 e.